The summed E-state index contributed by atoms with van der Waals surface area (Å²) in [4.78, 5) is 0. The van der Waals surface area contributed by atoms with Crippen LogP contribution in [0.3, 0.4) is 0 Å². The molecule has 0 atom stereocenters. The van der Waals surface area contributed by atoms with E-state index in [4.69, 9.17) is 4.74 Å². The second-order valence-electron chi connectivity index (χ2n) is 5.57. The van der Waals surface area contributed by atoms with Crippen LogP contribution in [0.15, 0.2) is 6.20 Å². The van der Waals surface area contributed by atoms with Crippen LogP contribution in [0.2, 0.25) is 0 Å². The van der Waals surface area contributed by atoms with E-state index in [0.717, 1.165) is 32.2 Å². The Labute approximate surface area is 110 Å². The molecule has 0 bridgehead atoms. The molecule has 1 aromatic heterocycles. The Morgan fingerprint density at radius 2 is 2.28 bits per heavy atom. The lowest BCUT2D eigenvalue weighted by molar-refractivity contribution is 0.199. The highest BCUT2D eigenvalue weighted by molar-refractivity contribution is 5.25. The van der Waals surface area contributed by atoms with E-state index >= 15 is 0 Å². The Morgan fingerprint density at radius 1 is 1.50 bits per heavy atom. The number of hydrogen-bond acceptors (Lipinski definition) is 3. The molecule has 1 heterocycles. The highest BCUT2D eigenvalue weighted by Gasteiger charge is 2.30. The zero-order valence-electron chi connectivity index (χ0n) is 11.8. The molecule has 1 aliphatic rings. The number of nitrogens with zero attached hydrogens (tertiary/aromatic N) is 2. The van der Waals surface area contributed by atoms with E-state index in [0.29, 0.717) is 5.92 Å². The summed E-state index contributed by atoms with van der Waals surface area (Å²) >= 11 is 0. The summed E-state index contributed by atoms with van der Waals surface area (Å²) in [5.74, 6) is 1.40. The molecule has 0 spiro atoms. The quantitative estimate of drug-likeness (QED) is 0.720. The minimum Gasteiger partial charge on any atom is -0.383 e. The van der Waals surface area contributed by atoms with Gasteiger partial charge in [0.2, 0.25) is 0 Å². The fourth-order valence-electron chi connectivity index (χ4n) is 2.29. The summed E-state index contributed by atoms with van der Waals surface area (Å²) in [6.45, 7) is 8.09. The third kappa shape index (κ3) is 3.56. The van der Waals surface area contributed by atoms with Crippen LogP contribution in [0.1, 0.15) is 43.9 Å². The molecule has 1 N–H and O–H groups in total. The molecule has 0 aromatic carbocycles. The van der Waals surface area contributed by atoms with E-state index in [9.17, 15) is 0 Å². The predicted octanol–water partition coefficient (Wildman–Crippen LogP) is 2.15. The van der Waals surface area contributed by atoms with E-state index in [1.165, 1.54) is 24.1 Å². The molecule has 1 aliphatic carbocycles. The van der Waals surface area contributed by atoms with Crippen molar-refractivity contribution in [1.29, 1.82) is 0 Å². The van der Waals surface area contributed by atoms with Crippen molar-refractivity contribution in [3.05, 3.63) is 17.5 Å². The summed E-state index contributed by atoms with van der Waals surface area (Å²) in [5.41, 5.74) is 2.84. The van der Waals surface area contributed by atoms with Crippen LogP contribution < -0.4 is 5.32 Å². The van der Waals surface area contributed by atoms with Gasteiger partial charge < -0.3 is 10.1 Å². The summed E-state index contributed by atoms with van der Waals surface area (Å²) in [5, 5.41) is 7.98. The van der Waals surface area contributed by atoms with Crippen LogP contribution in [0.5, 0.6) is 0 Å². The zero-order chi connectivity index (χ0) is 13.0. The van der Waals surface area contributed by atoms with Gasteiger partial charge in [-0.05, 0) is 18.8 Å². The average molecular weight is 251 g/mol. The van der Waals surface area contributed by atoms with Gasteiger partial charge >= 0.3 is 0 Å². The minimum atomic E-state index is 0.650. The van der Waals surface area contributed by atoms with Crippen LogP contribution in [-0.2, 0) is 17.8 Å². The number of nitrogens with one attached hydrogen (secondary N) is 1. The second kappa shape index (κ2) is 6.34. The van der Waals surface area contributed by atoms with Crippen LogP contribution in [0.4, 0.5) is 0 Å². The maximum Gasteiger partial charge on any atom is 0.0587 e. The van der Waals surface area contributed by atoms with Crippen molar-refractivity contribution in [2.24, 2.45) is 5.92 Å². The largest absolute Gasteiger partial charge is 0.383 e. The Morgan fingerprint density at radius 3 is 2.89 bits per heavy atom. The average Bonchev–Trinajstić information content (AvgIpc) is 3.08. The van der Waals surface area contributed by atoms with Gasteiger partial charge in [-0.2, -0.15) is 5.10 Å². The number of rotatable bonds is 8. The Kier molecular flexibility index (Phi) is 4.78. The second-order valence-corrected chi connectivity index (χ2v) is 5.57. The molecule has 0 radical (unpaired) electrons. The first-order chi connectivity index (χ1) is 8.72. The van der Waals surface area contributed by atoms with Crippen molar-refractivity contribution in [1.82, 2.24) is 15.1 Å². The number of aromatic nitrogens is 2. The maximum atomic E-state index is 5.04. The van der Waals surface area contributed by atoms with Crippen LogP contribution in [0.25, 0.3) is 0 Å². The maximum absolute atomic E-state index is 5.04. The lowest BCUT2D eigenvalue weighted by Gasteiger charge is -2.11. The van der Waals surface area contributed by atoms with Gasteiger partial charge in [0, 0.05) is 43.9 Å². The zero-order valence-corrected chi connectivity index (χ0v) is 11.8. The molecule has 1 saturated carbocycles. The first-order valence-corrected chi connectivity index (χ1v) is 6.96. The van der Waals surface area contributed by atoms with Gasteiger partial charge in [0.05, 0.1) is 12.8 Å². The van der Waals surface area contributed by atoms with Crippen molar-refractivity contribution in [2.45, 2.75) is 45.7 Å². The third-order valence-electron chi connectivity index (χ3n) is 3.26. The van der Waals surface area contributed by atoms with Gasteiger partial charge in [-0.15, -0.1) is 0 Å². The van der Waals surface area contributed by atoms with E-state index in [2.05, 4.69) is 28.9 Å². The molecule has 4 nitrogen and oxygen atoms in total. The summed E-state index contributed by atoms with van der Waals surface area (Å²) in [6, 6.07) is 0. The topological polar surface area (TPSA) is 39.1 Å². The molecular weight excluding hydrogens is 226 g/mol. The van der Waals surface area contributed by atoms with Gasteiger partial charge in [0.25, 0.3) is 0 Å². The lowest BCUT2D eigenvalue weighted by atomic mass is 10.1. The summed E-state index contributed by atoms with van der Waals surface area (Å²) < 4.78 is 7.26. The van der Waals surface area contributed by atoms with Crippen LogP contribution in [0, 0.1) is 5.92 Å². The lowest BCUT2D eigenvalue weighted by Crippen LogP contribution is -2.19. The molecule has 4 heteroatoms. The van der Waals surface area contributed by atoms with E-state index in [-0.39, 0.29) is 0 Å². The van der Waals surface area contributed by atoms with Crippen molar-refractivity contribution in [3.63, 3.8) is 0 Å². The number of hydrogen-bond donors (Lipinski definition) is 1. The van der Waals surface area contributed by atoms with Gasteiger partial charge in [0.1, 0.15) is 0 Å². The molecule has 1 aromatic rings. The van der Waals surface area contributed by atoms with Crippen molar-refractivity contribution >= 4 is 0 Å². The smallest absolute Gasteiger partial charge is 0.0587 e. The van der Waals surface area contributed by atoms with E-state index in [1.54, 1.807) is 7.11 Å². The van der Waals surface area contributed by atoms with E-state index in [1.807, 2.05) is 6.20 Å². The Bertz CT molecular complexity index is 369. The third-order valence-corrected chi connectivity index (χ3v) is 3.26. The van der Waals surface area contributed by atoms with Crippen molar-refractivity contribution < 1.29 is 4.74 Å². The van der Waals surface area contributed by atoms with Crippen molar-refractivity contribution in [3.8, 4) is 0 Å². The predicted molar refractivity (Wildman–Crippen MR) is 72.6 cm³/mol. The number of methoxy groups -OCH3 is 1. The minimum absolute atomic E-state index is 0.650. The molecule has 1 fully saturated rings. The van der Waals surface area contributed by atoms with Crippen LogP contribution in [-0.4, -0.2) is 30.0 Å². The van der Waals surface area contributed by atoms with Gasteiger partial charge in [0.15, 0.2) is 0 Å². The summed E-state index contributed by atoms with van der Waals surface area (Å²) in [6.07, 6.45) is 4.69. The monoisotopic (exact) mass is 251 g/mol. The molecule has 2 rings (SSSR count). The van der Waals surface area contributed by atoms with Crippen LogP contribution >= 0.6 is 0 Å². The van der Waals surface area contributed by atoms with Gasteiger partial charge in [-0.3, -0.25) is 4.68 Å². The highest BCUT2D eigenvalue weighted by Crippen LogP contribution is 2.41. The molecule has 0 unspecified atom stereocenters. The number of ether oxygens (including phenoxy) is 1. The Hall–Kier alpha value is -0.870. The molecule has 0 saturated heterocycles. The molecule has 18 heavy (non-hydrogen) atoms. The van der Waals surface area contributed by atoms with E-state index < -0.39 is 0 Å². The fourth-order valence-corrected chi connectivity index (χ4v) is 2.29. The molecule has 102 valence electrons. The highest BCUT2D eigenvalue weighted by atomic mass is 16.5. The van der Waals surface area contributed by atoms with Crippen molar-refractivity contribution in [2.75, 3.05) is 20.3 Å². The fraction of sp³-hybridized carbons (Fsp3) is 0.786. The standard InChI is InChI=1S/C14H25N3O/c1-11(2)10-17-14(12-4-5-12)13(9-16-17)8-15-6-7-18-3/h9,11-12,15H,4-8,10H2,1-3H3. The summed E-state index contributed by atoms with van der Waals surface area (Å²) in [7, 11) is 1.73. The Balaban J connectivity index is 1.98. The molecule has 0 aliphatic heterocycles. The molecule has 0 amide bonds. The first kappa shape index (κ1) is 13.6. The first-order valence-electron chi connectivity index (χ1n) is 6.96. The van der Waals surface area contributed by atoms with Gasteiger partial charge in [-0.25, -0.2) is 0 Å². The van der Waals surface area contributed by atoms with Gasteiger partial charge in [-0.1, -0.05) is 13.8 Å². The SMILES string of the molecule is COCCNCc1cnn(CC(C)C)c1C1CC1. The normalized spacial score (nSPS) is 15.6. The molecular formula is C14H25N3O.